The third kappa shape index (κ3) is 7.86. The second-order valence-corrected chi connectivity index (χ2v) is 8.42. The van der Waals surface area contributed by atoms with E-state index in [9.17, 15) is 0 Å². The summed E-state index contributed by atoms with van der Waals surface area (Å²) in [6, 6.07) is 14.5. The smallest absolute Gasteiger partial charge is 0.189 e. The van der Waals surface area contributed by atoms with Crippen LogP contribution in [0, 0.1) is 0 Å². The highest BCUT2D eigenvalue weighted by Gasteiger charge is 2.25. The van der Waals surface area contributed by atoms with Crippen LogP contribution >= 0.6 is 0 Å². The highest BCUT2D eigenvalue weighted by molar-refractivity contribution is 5.77. The molecule has 0 aliphatic heterocycles. The van der Waals surface area contributed by atoms with E-state index in [1.54, 1.807) is 0 Å². The van der Waals surface area contributed by atoms with Gasteiger partial charge in [0.15, 0.2) is 13.6 Å². The van der Waals surface area contributed by atoms with Gasteiger partial charge in [0.2, 0.25) is 0 Å². The molecule has 0 N–H and O–H groups in total. The number of hydrogen-bond donors (Lipinski definition) is 0. The molecule has 4 nitrogen and oxygen atoms in total. The number of hydrogen-bond acceptors (Lipinski definition) is 4. The minimum absolute atomic E-state index is 0.0103. The zero-order valence-corrected chi connectivity index (χ0v) is 20.0. The van der Waals surface area contributed by atoms with Crippen molar-refractivity contribution in [3.8, 4) is 22.6 Å². The highest BCUT2D eigenvalue weighted by Crippen LogP contribution is 2.43. The second-order valence-electron chi connectivity index (χ2n) is 8.42. The Morgan fingerprint density at radius 1 is 0.742 bits per heavy atom. The van der Waals surface area contributed by atoms with Gasteiger partial charge >= 0.3 is 0 Å². The summed E-state index contributed by atoms with van der Waals surface area (Å²) >= 11 is 0. The van der Waals surface area contributed by atoms with Crippen LogP contribution in [0.1, 0.15) is 72.3 Å². The summed E-state index contributed by atoms with van der Waals surface area (Å²) in [7, 11) is 0. The predicted octanol–water partition coefficient (Wildman–Crippen LogP) is 7.35. The van der Waals surface area contributed by atoms with Crippen molar-refractivity contribution in [2.24, 2.45) is 0 Å². The van der Waals surface area contributed by atoms with Gasteiger partial charge in [-0.2, -0.15) is 0 Å². The number of rotatable bonds is 15. The lowest BCUT2D eigenvalue weighted by atomic mass is 9.79. The lowest BCUT2D eigenvalue weighted by molar-refractivity contribution is 0.0187. The Hall–Kier alpha value is -2.04. The van der Waals surface area contributed by atoms with Gasteiger partial charge in [0.25, 0.3) is 0 Å². The first kappa shape index (κ1) is 25.2. The van der Waals surface area contributed by atoms with Crippen molar-refractivity contribution in [1.29, 1.82) is 0 Å². The van der Waals surface area contributed by atoms with Crippen molar-refractivity contribution in [3.05, 3.63) is 48.0 Å². The molecule has 0 spiro atoms. The van der Waals surface area contributed by atoms with Gasteiger partial charge in [-0.1, -0.05) is 76.8 Å². The first-order valence-electron chi connectivity index (χ1n) is 11.7. The minimum atomic E-state index is 0.0103. The fourth-order valence-electron chi connectivity index (χ4n) is 3.61. The fourth-order valence-corrected chi connectivity index (χ4v) is 3.61. The van der Waals surface area contributed by atoms with Gasteiger partial charge < -0.3 is 18.9 Å². The minimum Gasteiger partial charge on any atom is -0.467 e. The van der Waals surface area contributed by atoms with E-state index < -0.39 is 0 Å². The topological polar surface area (TPSA) is 36.9 Å². The van der Waals surface area contributed by atoms with Crippen LogP contribution in [0.5, 0.6) is 11.5 Å². The average molecular weight is 429 g/mol. The van der Waals surface area contributed by atoms with Crippen LogP contribution in [0.2, 0.25) is 0 Å². The normalized spacial score (nSPS) is 11.5. The summed E-state index contributed by atoms with van der Waals surface area (Å²) in [6.07, 6.45) is 6.13. The molecule has 0 radical (unpaired) electrons. The molecule has 0 aliphatic carbocycles. The van der Waals surface area contributed by atoms with Crippen LogP contribution in [-0.4, -0.2) is 26.8 Å². The molecule has 0 atom stereocenters. The van der Waals surface area contributed by atoms with E-state index in [2.05, 4.69) is 45.0 Å². The Morgan fingerprint density at radius 3 is 1.84 bits per heavy atom. The van der Waals surface area contributed by atoms with E-state index in [1.807, 2.05) is 32.0 Å². The van der Waals surface area contributed by atoms with Crippen LogP contribution in [0.25, 0.3) is 11.1 Å². The second kappa shape index (κ2) is 13.4. The molecule has 0 aromatic heterocycles. The number of benzene rings is 2. The SMILES string of the molecule is CCCCCCC(C)(C)c1cc(OCOCC)c(-c2ccccc2)c(OCOCC)c1. The summed E-state index contributed by atoms with van der Waals surface area (Å²) in [5.74, 6) is 1.57. The molecule has 0 bridgehead atoms. The molecule has 172 valence electrons. The van der Waals surface area contributed by atoms with E-state index in [0.717, 1.165) is 29.0 Å². The lowest BCUT2D eigenvalue weighted by Crippen LogP contribution is -2.18. The molecule has 4 heteroatoms. The third-order valence-corrected chi connectivity index (χ3v) is 5.57. The first-order chi connectivity index (χ1) is 15.0. The van der Waals surface area contributed by atoms with E-state index in [0.29, 0.717) is 13.2 Å². The van der Waals surface area contributed by atoms with Gasteiger partial charge in [-0.25, -0.2) is 0 Å². The van der Waals surface area contributed by atoms with Gasteiger partial charge in [-0.05, 0) is 48.9 Å². The largest absolute Gasteiger partial charge is 0.467 e. The molecular formula is C27H40O4. The maximum atomic E-state index is 6.11. The van der Waals surface area contributed by atoms with Gasteiger partial charge in [-0.3, -0.25) is 0 Å². The molecule has 0 aliphatic rings. The van der Waals surface area contributed by atoms with E-state index >= 15 is 0 Å². The fraction of sp³-hybridized carbons (Fsp3) is 0.556. The van der Waals surface area contributed by atoms with E-state index in [1.165, 1.54) is 31.2 Å². The monoisotopic (exact) mass is 428 g/mol. The van der Waals surface area contributed by atoms with Gasteiger partial charge in [0, 0.05) is 13.2 Å². The van der Waals surface area contributed by atoms with Crippen LogP contribution in [0.4, 0.5) is 0 Å². The van der Waals surface area contributed by atoms with Crippen LogP contribution in [-0.2, 0) is 14.9 Å². The first-order valence-corrected chi connectivity index (χ1v) is 11.7. The molecule has 2 aromatic rings. The molecular weight excluding hydrogens is 388 g/mol. The summed E-state index contributed by atoms with van der Waals surface area (Å²) in [5, 5.41) is 0. The summed E-state index contributed by atoms with van der Waals surface area (Å²) in [4.78, 5) is 0. The maximum Gasteiger partial charge on any atom is 0.189 e. The molecule has 2 aromatic carbocycles. The van der Waals surface area contributed by atoms with Crippen LogP contribution in [0.3, 0.4) is 0 Å². The Labute approximate surface area is 188 Å². The van der Waals surface area contributed by atoms with Crippen molar-refractivity contribution in [1.82, 2.24) is 0 Å². The Morgan fingerprint density at radius 2 is 1.32 bits per heavy atom. The van der Waals surface area contributed by atoms with Crippen molar-refractivity contribution < 1.29 is 18.9 Å². The average Bonchev–Trinajstić information content (AvgIpc) is 2.77. The van der Waals surface area contributed by atoms with Crippen molar-refractivity contribution in [2.75, 3.05) is 26.8 Å². The molecule has 0 amide bonds. The Kier molecular flexibility index (Phi) is 10.9. The summed E-state index contributed by atoms with van der Waals surface area (Å²) < 4.78 is 23.2. The number of unbranched alkanes of at least 4 members (excludes halogenated alkanes) is 3. The highest BCUT2D eigenvalue weighted by atomic mass is 16.7. The molecule has 0 saturated heterocycles. The van der Waals surface area contributed by atoms with Gasteiger partial charge in [0.05, 0.1) is 5.56 Å². The predicted molar refractivity (Wildman–Crippen MR) is 128 cm³/mol. The maximum absolute atomic E-state index is 6.11. The number of ether oxygens (including phenoxy) is 4. The van der Waals surface area contributed by atoms with Crippen LogP contribution in [0.15, 0.2) is 42.5 Å². The van der Waals surface area contributed by atoms with Gasteiger partial charge in [-0.15, -0.1) is 0 Å². The zero-order chi connectivity index (χ0) is 22.5. The van der Waals surface area contributed by atoms with E-state index in [4.69, 9.17) is 18.9 Å². The summed E-state index contributed by atoms with van der Waals surface area (Å²) in [5.41, 5.74) is 3.20. The molecule has 0 fully saturated rings. The van der Waals surface area contributed by atoms with E-state index in [-0.39, 0.29) is 19.0 Å². The standard InChI is InChI=1S/C27H40O4/c1-6-9-10-14-17-27(4,5)23-18-24(30-20-28-7-2)26(22-15-12-11-13-16-22)25(19-23)31-21-29-8-3/h11-13,15-16,18-19H,6-10,14,17,20-21H2,1-5H3. The Bertz CT molecular complexity index is 724. The van der Waals surface area contributed by atoms with Crippen molar-refractivity contribution in [2.45, 2.75) is 72.1 Å². The van der Waals surface area contributed by atoms with Crippen LogP contribution < -0.4 is 9.47 Å². The molecule has 31 heavy (non-hydrogen) atoms. The van der Waals surface area contributed by atoms with Crippen molar-refractivity contribution in [3.63, 3.8) is 0 Å². The van der Waals surface area contributed by atoms with Gasteiger partial charge in [0.1, 0.15) is 11.5 Å². The third-order valence-electron chi connectivity index (χ3n) is 5.57. The lowest BCUT2D eigenvalue weighted by Gasteiger charge is -2.28. The molecule has 0 unspecified atom stereocenters. The zero-order valence-electron chi connectivity index (χ0n) is 20.0. The Balaban J connectivity index is 2.46. The molecule has 0 saturated carbocycles. The molecule has 2 rings (SSSR count). The quantitative estimate of drug-likeness (QED) is 0.219. The molecule has 0 heterocycles. The summed E-state index contributed by atoms with van der Waals surface area (Å²) in [6.45, 7) is 12.4. The van der Waals surface area contributed by atoms with Crippen molar-refractivity contribution >= 4 is 0 Å².